The van der Waals surface area contributed by atoms with Gasteiger partial charge >= 0.3 is 0 Å². The molecule has 6 heteroatoms. The van der Waals surface area contributed by atoms with Gasteiger partial charge in [-0.2, -0.15) is 0 Å². The summed E-state index contributed by atoms with van der Waals surface area (Å²) in [7, 11) is 0. The predicted octanol–water partition coefficient (Wildman–Crippen LogP) is 3.46. The Kier molecular flexibility index (Phi) is 3.94. The second kappa shape index (κ2) is 6.39. The molecule has 0 bridgehead atoms. The lowest BCUT2D eigenvalue weighted by Gasteiger charge is -2.30. The maximum Gasteiger partial charge on any atom is 0.124 e. The van der Waals surface area contributed by atoms with E-state index in [1.54, 1.807) is 23.1 Å². The highest BCUT2D eigenvalue weighted by molar-refractivity contribution is 5.76. The standard InChI is InChI=1S/C18H18FN5/c19-14-4-5-18(23-10-2-1-3-11-23)16(12-14)17-13-24(22-21-17)15-6-8-20-9-7-15/h4-9,12-13H,1-3,10-11H2. The van der Waals surface area contributed by atoms with Crippen LogP contribution in [0.15, 0.2) is 48.9 Å². The molecule has 1 aliphatic heterocycles. The molecule has 0 aliphatic carbocycles. The Labute approximate surface area is 139 Å². The van der Waals surface area contributed by atoms with Crippen molar-refractivity contribution in [3.63, 3.8) is 0 Å². The predicted molar refractivity (Wildman–Crippen MR) is 90.6 cm³/mol. The summed E-state index contributed by atoms with van der Waals surface area (Å²) in [6.45, 7) is 1.99. The average molecular weight is 323 g/mol. The van der Waals surface area contributed by atoms with E-state index in [4.69, 9.17) is 0 Å². The highest BCUT2D eigenvalue weighted by atomic mass is 19.1. The minimum absolute atomic E-state index is 0.260. The first-order valence-electron chi connectivity index (χ1n) is 8.19. The van der Waals surface area contributed by atoms with Crippen LogP contribution in [0.1, 0.15) is 19.3 Å². The van der Waals surface area contributed by atoms with E-state index in [1.807, 2.05) is 24.4 Å². The SMILES string of the molecule is Fc1ccc(N2CCCCC2)c(-c2cn(-c3ccncc3)nn2)c1. The fraction of sp³-hybridized carbons (Fsp3) is 0.278. The molecular formula is C18H18FN5. The Morgan fingerprint density at radius 2 is 1.75 bits per heavy atom. The van der Waals surface area contributed by atoms with Gasteiger partial charge in [-0.1, -0.05) is 5.21 Å². The second-order valence-corrected chi connectivity index (χ2v) is 5.96. The van der Waals surface area contributed by atoms with E-state index in [1.165, 1.54) is 25.3 Å². The van der Waals surface area contributed by atoms with Crippen LogP contribution in [0.2, 0.25) is 0 Å². The normalized spacial score (nSPS) is 14.8. The summed E-state index contributed by atoms with van der Waals surface area (Å²) >= 11 is 0. The zero-order chi connectivity index (χ0) is 16.4. The minimum atomic E-state index is -0.260. The van der Waals surface area contributed by atoms with Crippen LogP contribution in [0, 0.1) is 5.82 Å². The fourth-order valence-electron chi connectivity index (χ4n) is 3.13. The molecule has 0 atom stereocenters. The Morgan fingerprint density at radius 1 is 0.958 bits per heavy atom. The molecule has 3 aromatic rings. The lowest BCUT2D eigenvalue weighted by molar-refractivity contribution is 0.577. The summed E-state index contributed by atoms with van der Waals surface area (Å²) in [6, 6.07) is 8.62. The van der Waals surface area contributed by atoms with Crippen LogP contribution in [0.5, 0.6) is 0 Å². The van der Waals surface area contributed by atoms with Crippen molar-refractivity contribution in [1.29, 1.82) is 0 Å². The second-order valence-electron chi connectivity index (χ2n) is 5.96. The number of anilines is 1. The van der Waals surface area contributed by atoms with Crippen LogP contribution in [0.3, 0.4) is 0 Å². The molecular weight excluding hydrogens is 305 g/mol. The summed E-state index contributed by atoms with van der Waals surface area (Å²) in [6.07, 6.45) is 8.83. The van der Waals surface area contributed by atoms with Gasteiger partial charge in [-0.05, 0) is 49.6 Å². The first-order chi connectivity index (χ1) is 11.8. The van der Waals surface area contributed by atoms with E-state index in [-0.39, 0.29) is 5.82 Å². The lowest BCUT2D eigenvalue weighted by Crippen LogP contribution is -2.29. The maximum atomic E-state index is 13.8. The van der Waals surface area contributed by atoms with Crippen molar-refractivity contribution < 1.29 is 4.39 Å². The third-order valence-electron chi connectivity index (χ3n) is 4.35. The fourth-order valence-corrected chi connectivity index (χ4v) is 3.13. The molecule has 0 amide bonds. The third-order valence-corrected chi connectivity index (χ3v) is 4.35. The molecule has 0 spiro atoms. The minimum Gasteiger partial charge on any atom is -0.371 e. The van der Waals surface area contributed by atoms with Crippen molar-refractivity contribution in [3.05, 3.63) is 54.7 Å². The summed E-state index contributed by atoms with van der Waals surface area (Å²) in [4.78, 5) is 6.31. The van der Waals surface area contributed by atoms with Gasteiger partial charge in [-0.3, -0.25) is 4.98 Å². The smallest absolute Gasteiger partial charge is 0.124 e. The summed E-state index contributed by atoms with van der Waals surface area (Å²) in [5, 5.41) is 8.44. The third kappa shape index (κ3) is 2.87. The largest absolute Gasteiger partial charge is 0.371 e. The van der Waals surface area contributed by atoms with Crippen molar-refractivity contribution in [2.75, 3.05) is 18.0 Å². The molecule has 1 saturated heterocycles. The Hall–Kier alpha value is -2.76. The lowest BCUT2D eigenvalue weighted by atomic mass is 10.1. The van der Waals surface area contributed by atoms with Crippen LogP contribution >= 0.6 is 0 Å². The quantitative estimate of drug-likeness (QED) is 0.740. The van der Waals surface area contributed by atoms with Gasteiger partial charge in [0.05, 0.1) is 11.9 Å². The molecule has 1 aliphatic rings. The van der Waals surface area contributed by atoms with Crippen molar-refractivity contribution in [1.82, 2.24) is 20.0 Å². The van der Waals surface area contributed by atoms with E-state index in [0.29, 0.717) is 5.69 Å². The summed E-state index contributed by atoms with van der Waals surface area (Å²) < 4.78 is 15.5. The van der Waals surface area contributed by atoms with Gasteiger partial charge in [-0.25, -0.2) is 9.07 Å². The highest BCUT2D eigenvalue weighted by Crippen LogP contribution is 2.32. The Morgan fingerprint density at radius 3 is 2.54 bits per heavy atom. The Balaban J connectivity index is 1.73. The average Bonchev–Trinajstić information content (AvgIpc) is 3.13. The number of pyridine rings is 1. The first-order valence-corrected chi connectivity index (χ1v) is 8.19. The number of benzene rings is 1. The van der Waals surface area contributed by atoms with Crippen molar-refractivity contribution in [3.8, 4) is 16.9 Å². The van der Waals surface area contributed by atoms with E-state index in [0.717, 1.165) is 30.0 Å². The summed E-state index contributed by atoms with van der Waals surface area (Å²) in [5.41, 5.74) is 3.36. The van der Waals surface area contributed by atoms with Crippen LogP contribution in [-0.4, -0.2) is 33.1 Å². The summed E-state index contributed by atoms with van der Waals surface area (Å²) in [5.74, 6) is -0.260. The van der Waals surface area contributed by atoms with Gasteiger partial charge in [0.2, 0.25) is 0 Å². The van der Waals surface area contributed by atoms with Gasteiger partial charge < -0.3 is 4.90 Å². The number of rotatable bonds is 3. The van der Waals surface area contributed by atoms with Crippen molar-refractivity contribution in [2.45, 2.75) is 19.3 Å². The van der Waals surface area contributed by atoms with Gasteiger partial charge in [-0.15, -0.1) is 5.10 Å². The molecule has 0 saturated carbocycles. The van der Waals surface area contributed by atoms with E-state index >= 15 is 0 Å². The van der Waals surface area contributed by atoms with Crippen LogP contribution in [-0.2, 0) is 0 Å². The van der Waals surface area contributed by atoms with Gasteiger partial charge in [0.25, 0.3) is 0 Å². The molecule has 0 unspecified atom stereocenters. The van der Waals surface area contributed by atoms with E-state index in [9.17, 15) is 4.39 Å². The number of nitrogens with zero attached hydrogens (tertiary/aromatic N) is 5. The molecule has 3 heterocycles. The monoisotopic (exact) mass is 323 g/mol. The van der Waals surface area contributed by atoms with E-state index < -0.39 is 0 Å². The molecule has 2 aromatic heterocycles. The molecule has 0 N–H and O–H groups in total. The first kappa shape index (κ1) is 14.8. The molecule has 4 rings (SSSR count). The van der Waals surface area contributed by atoms with Crippen molar-refractivity contribution in [2.24, 2.45) is 0 Å². The molecule has 1 aromatic carbocycles. The van der Waals surface area contributed by atoms with Gasteiger partial charge in [0, 0.05) is 36.7 Å². The molecule has 5 nitrogen and oxygen atoms in total. The van der Waals surface area contributed by atoms with Gasteiger partial charge in [0.15, 0.2) is 0 Å². The zero-order valence-electron chi connectivity index (χ0n) is 13.3. The maximum absolute atomic E-state index is 13.8. The molecule has 0 radical (unpaired) electrons. The Bertz CT molecular complexity index is 824. The number of hydrogen-bond donors (Lipinski definition) is 0. The molecule has 122 valence electrons. The molecule has 24 heavy (non-hydrogen) atoms. The topological polar surface area (TPSA) is 46.8 Å². The van der Waals surface area contributed by atoms with Crippen LogP contribution in [0.4, 0.5) is 10.1 Å². The van der Waals surface area contributed by atoms with Gasteiger partial charge in [0.1, 0.15) is 11.5 Å². The number of aromatic nitrogens is 4. The molecule has 1 fully saturated rings. The highest BCUT2D eigenvalue weighted by Gasteiger charge is 2.18. The van der Waals surface area contributed by atoms with E-state index in [2.05, 4.69) is 20.2 Å². The number of halogens is 1. The van der Waals surface area contributed by atoms with Crippen LogP contribution in [0.25, 0.3) is 16.9 Å². The van der Waals surface area contributed by atoms with Crippen LogP contribution < -0.4 is 4.90 Å². The zero-order valence-corrected chi connectivity index (χ0v) is 13.3. The number of piperidine rings is 1. The number of hydrogen-bond acceptors (Lipinski definition) is 4. The van der Waals surface area contributed by atoms with Crippen molar-refractivity contribution >= 4 is 5.69 Å².